The lowest BCUT2D eigenvalue weighted by molar-refractivity contribution is -0.146. The maximum absolute atomic E-state index is 14.0. The second-order valence-electron chi connectivity index (χ2n) is 10.8. The first-order valence-corrected chi connectivity index (χ1v) is 12.9. The van der Waals surface area contributed by atoms with Gasteiger partial charge in [-0.05, 0) is 72.4 Å². The molecule has 0 aliphatic carbocycles. The summed E-state index contributed by atoms with van der Waals surface area (Å²) in [7, 11) is 0. The van der Waals surface area contributed by atoms with E-state index >= 15 is 0 Å². The highest BCUT2D eigenvalue weighted by molar-refractivity contribution is 5.92. The number of hydrogen-bond acceptors (Lipinski definition) is 6. The van der Waals surface area contributed by atoms with Crippen molar-refractivity contribution >= 4 is 23.9 Å². The number of alkyl carbamates (subject to hydrolysis) is 1. The van der Waals surface area contributed by atoms with Crippen LogP contribution in [0, 0.1) is 19.8 Å². The summed E-state index contributed by atoms with van der Waals surface area (Å²) < 4.78 is 10.3. The molecular weight excluding hydrogens is 474 g/mol. The summed E-state index contributed by atoms with van der Waals surface area (Å²) in [5.74, 6) is -1.50. The quantitative estimate of drug-likeness (QED) is 0.424. The Labute approximate surface area is 221 Å². The van der Waals surface area contributed by atoms with Crippen molar-refractivity contribution < 1.29 is 28.7 Å². The van der Waals surface area contributed by atoms with Gasteiger partial charge in [0.1, 0.15) is 17.7 Å². The van der Waals surface area contributed by atoms with Crippen molar-refractivity contribution in [3.8, 4) is 0 Å². The number of hydrogen-bond donors (Lipinski definition) is 2. The van der Waals surface area contributed by atoms with E-state index < -0.39 is 41.6 Å². The van der Waals surface area contributed by atoms with E-state index in [4.69, 9.17) is 9.47 Å². The molecule has 1 rings (SSSR count). The number of aryl methyl sites for hydroxylation is 2. The van der Waals surface area contributed by atoms with Gasteiger partial charge < -0.3 is 25.0 Å². The second-order valence-corrected chi connectivity index (χ2v) is 10.8. The summed E-state index contributed by atoms with van der Waals surface area (Å²) in [5.41, 5.74) is 1.82. The molecule has 9 heteroatoms. The molecule has 0 aromatic heterocycles. The predicted molar refractivity (Wildman–Crippen MR) is 143 cm³/mol. The average molecular weight is 520 g/mol. The largest absolute Gasteiger partial charge is 0.466 e. The third kappa shape index (κ3) is 10.1. The smallest absolute Gasteiger partial charge is 0.408 e. The fourth-order valence-corrected chi connectivity index (χ4v) is 3.96. The van der Waals surface area contributed by atoms with Gasteiger partial charge in [0, 0.05) is 12.6 Å². The topological polar surface area (TPSA) is 114 Å². The minimum Gasteiger partial charge on any atom is -0.466 e. The highest BCUT2D eigenvalue weighted by Gasteiger charge is 2.39. The lowest BCUT2D eigenvalue weighted by atomic mass is 9.94. The lowest BCUT2D eigenvalue weighted by Gasteiger charge is -2.38. The Kier molecular flexibility index (Phi) is 12.1. The van der Waals surface area contributed by atoms with E-state index in [0.29, 0.717) is 5.56 Å². The summed E-state index contributed by atoms with van der Waals surface area (Å²) in [6.07, 6.45) is -0.686. The standard InChI is InChI=1S/C28H45N3O6/c1-11-36-22(32)14-15-29-25(33)24(21-13-12-19(6)16-20(21)7)31(18(4)5)26(34)23(17(2)3)30-27(35)37-28(8,9)10/h12-13,16-18,23-24H,11,14-15H2,1-10H3,(H,29,33)(H,30,35). The fourth-order valence-electron chi connectivity index (χ4n) is 3.96. The Morgan fingerprint density at radius 1 is 1.03 bits per heavy atom. The van der Waals surface area contributed by atoms with Gasteiger partial charge in [0.2, 0.25) is 11.8 Å². The summed E-state index contributed by atoms with van der Waals surface area (Å²) in [5, 5.41) is 5.50. The first-order chi connectivity index (χ1) is 17.1. The fraction of sp³-hybridized carbons (Fsp3) is 0.643. The van der Waals surface area contributed by atoms with Crippen LogP contribution >= 0.6 is 0 Å². The molecule has 208 valence electrons. The minimum absolute atomic E-state index is 0.0175. The number of nitrogens with one attached hydrogen (secondary N) is 2. The van der Waals surface area contributed by atoms with Gasteiger partial charge in [0.25, 0.3) is 0 Å². The molecule has 37 heavy (non-hydrogen) atoms. The van der Waals surface area contributed by atoms with Crippen molar-refractivity contribution in [3.63, 3.8) is 0 Å². The molecule has 0 aliphatic rings. The van der Waals surface area contributed by atoms with Crippen LogP contribution in [-0.2, 0) is 23.9 Å². The molecule has 2 N–H and O–H groups in total. The van der Waals surface area contributed by atoms with E-state index in [0.717, 1.165) is 11.1 Å². The normalized spacial score (nSPS) is 13.1. The summed E-state index contributed by atoms with van der Waals surface area (Å²) >= 11 is 0. The van der Waals surface area contributed by atoms with Crippen LogP contribution in [0.1, 0.15) is 84.5 Å². The number of nitrogens with zero attached hydrogens (tertiary/aromatic N) is 1. The number of carbonyl (C=O) groups is 4. The lowest BCUT2D eigenvalue weighted by Crippen LogP contribution is -2.56. The number of rotatable bonds is 11. The molecule has 3 amide bonds. The molecule has 0 aliphatic heterocycles. The molecular formula is C28H45N3O6. The third-order valence-corrected chi connectivity index (χ3v) is 5.60. The number of esters is 1. The van der Waals surface area contributed by atoms with Gasteiger partial charge in [-0.3, -0.25) is 14.4 Å². The zero-order valence-corrected chi connectivity index (χ0v) is 24.1. The number of amides is 3. The molecule has 2 unspecified atom stereocenters. The third-order valence-electron chi connectivity index (χ3n) is 5.60. The van der Waals surface area contributed by atoms with Gasteiger partial charge >= 0.3 is 12.1 Å². The van der Waals surface area contributed by atoms with Crippen LogP contribution in [0.3, 0.4) is 0 Å². The summed E-state index contributed by atoms with van der Waals surface area (Å²) in [4.78, 5) is 53.4. The van der Waals surface area contributed by atoms with Crippen LogP contribution in [0.25, 0.3) is 0 Å². The van der Waals surface area contributed by atoms with Crippen molar-refractivity contribution in [2.45, 2.75) is 99.4 Å². The number of carbonyl (C=O) groups excluding carboxylic acids is 4. The van der Waals surface area contributed by atoms with Crippen LogP contribution in [0.2, 0.25) is 0 Å². The first kappa shape index (κ1) is 31.9. The van der Waals surface area contributed by atoms with E-state index in [1.54, 1.807) is 27.7 Å². The Morgan fingerprint density at radius 2 is 1.65 bits per heavy atom. The van der Waals surface area contributed by atoms with Crippen LogP contribution in [-0.4, -0.2) is 59.6 Å². The van der Waals surface area contributed by atoms with Gasteiger partial charge in [-0.1, -0.05) is 37.6 Å². The van der Waals surface area contributed by atoms with Gasteiger partial charge in [0.15, 0.2) is 0 Å². The zero-order chi connectivity index (χ0) is 28.5. The molecule has 2 atom stereocenters. The molecule has 0 bridgehead atoms. The molecule has 0 heterocycles. The Bertz CT molecular complexity index is 952. The molecule has 0 spiro atoms. The number of benzene rings is 1. The highest BCUT2D eigenvalue weighted by Crippen LogP contribution is 2.29. The van der Waals surface area contributed by atoms with Crippen LogP contribution in [0.5, 0.6) is 0 Å². The second kappa shape index (κ2) is 14.0. The van der Waals surface area contributed by atoms with Gasteiger partial charge in [-0.15, -0.1) is 0 Å². The first-order valence-electron chi connectivity index (χ1n) is 12.9. The molecule has 1 aromatic carbocycles. The van der Waals surface area contributed by atoms with Gasteiger partial charge in [-0.25, -0.2) is 4.79 Å². The Hall–Kier alpha value is -3.10. The maximum atomic E-state index is 14.0. The predicted octanol–water partition coefficient (Wildman–Crippen LogP) is 4.20. The Balaban J connectivity index is 3.42. The maximum Gasteiger partial charge on any atom is 0.408 e. The molecule has 0 radical (unpaired) electrons. The highest BCUT2D eigenvalue weighted by atomic mass is 16.6. The van der Waals surface area contributed by atoms with Crippen molar-refractivity contribution in [2.24, 2.45) is 5.92 Å². The molecule has 0 saturated heterocycles. The molecule has 0 saturated carbocycles. The van der Waals surface area contributed by atoms with Crippen molar-refractivity contribution in [2.75, 3.05) is 13.2 Å². The Morgan fingerprint density at radius 3 is 2.14 bits per heavy atom. The molecule has 0 fully saturated rings. The van der Waals surface area contributed by atoms with Crippen LogP contribution in [0.15, 0.2) is 18.2 Å². The summed E-state index contributed by atoms with van der Waals surface area (Å²) in [6.45, 7) is 18.4. The van der Waals surface area contributed by atoms with E-state index in [1.807, 2.05) is 59.7 Å². The monoisotopic (exact) mass is 519 g/mol. The van der Waals surface area contributed by atoms with E-state index in [-0.39, 0.29) is 31.5 Å². The molecule has 9 nitrogen and oxygen atoms in total. The van der Waals surface area contributed by atoms with Gasteiger partial charge in [0.05, 0.1) is 13.0 Å². The number of ether oxygens (including phenoxy) is 2. The van der Waals surface area contributed by atoms with Crippen molar-refractivity contribution in [1.29, 1.82) is 0 Å². The average Bonchev–Trinajstić information content (AvgIpc) is 2.74. The molecule has 1 aromatic rings. The van der Waals surface area contributed by atoms with E-state index in [9.17, 15) is 19.2 Å². The van der Waals surface area contributed by atoms with Crippen molar-refractivity contribution in [3.05, 3.63) is 34.9 Å². The van der Waals surface area contributed by atoms with E-state index in [2.05, 4.69) is 10.6 Å². The zero-order valence-electron chi connectivity index (χ0n) is 24.1. The van der Waals surface area contributed by atoms with Crippen LogP contribution < -0.4 is 10.6 Å². The van der Waals surface area contributed by atoms with E-state index in [1.165, 1.54) is 4.90 Å². The van der Waals surface area contributed by atoms with Crippen molar-refractivity contribution in [1.82, 2.24) is 15.5 Å². The SMILES string of the molecule is CCOC(=O)CCNC(=O)C(c1ccc(C)cc1C)N(C(=O)C(NC(=O)OC(C)(C)C)C(C)C)C(C)C. The minimum atomic E-state index is -0.975. The van der Waals surface area contributed by atoms with Gasteiger partial charge in [-0.2, -0.15) is 0 Å². The summed E-state index contributed by atoms with van der Waals surface area (Å²) in [6, 6.07) is 3.42. The van der Waals surface area contributed by atoms with Crippen LogP contribution in [0.4, 0.5) is 4.79 Å².